The molecule has 112 valence electrons. The highest BCUT2D eigenvalue weighted by molar-refractivity contribution is 6.34. The molecular weight excluding hydrogens is 299 g/mol. The third-order valence-electron chi connectivity index (χ3n) is 2.65. The molecule has 0 aromatic heterocycles. The molecule has 1 rings (SSSR count). The van der Waals surface area contributed by atoms with E-state index in [2.05, 4.69) is 10.6 Å². The lowest BCUT2D eigenvalue weighted by atomic mass is 10.3. The van der Waals surface area contributed by atoms with E-state index in [0.29, 0.717) is 22.3 Å². The second-order valence-electron chi connectivity index (χ2n) is 4.57. The highest BCUT2D eigenvalue weighted by Gasteiger charge is 2.15. The normalized spacial score (nSPS) is 13.7. The van der Waals surface area contributed by atoms with Crippen LogP contribution in [0.25, 0.3) is 0 Å². The predicted molar refractivity (Wildman–Crippen MR) is 82.7 cm³/mol. The average Bonchev–Trinajstić information content (AvgIpc) is 2.34. The van der Waals surface area contributed by atoms with Gasteiger partial charge in [-0.1, -0.05) is 30.1 Å². The zero-order chi connectivity index (χ0) is 15.1. The largest absolute Gasteiger partial charge is 0.481 e. The quantitative estimate of drug-likeness (QED) is 0.812. The Balaban J connectivity index is 2.49. The maximum Gasteiger partial charge on any atom is 0.260 e. The molecule has 2 N–H and O–H groups in total. The van der Waals surface area contributed by atoms with Crippen LogP contribution in [0.2, 0.25) is 10.0 Å². The van der Waals surface area contributed by atoms with Crippen LogP contribution in [0.5, 0.6) is 5.75 Å². The number of ether oxygens (including phenoxy) is 1. The van der Waals surface area contributed by atoms with Crippen LogP contribution < -0.4 is 15.4 Å². The third-order valence-corrected chi connectivity index (χ3v) is 3.09. The number of hydrogen-bond acceptors (Lipinski definition) is 3. The average molecular weight is 319 g/mol. The van der Waals surface area contributed by atoms with Gasteiger partial charge in [-0.25, -0.2) is 0 Å². The Morgan fingerprint density at radius 1 is 1.25 bits per heavy atom. The van der Waals surface area contributed by atoms with Crippen molar-refractivity contribution in [3.8, 4) is 5.75 Å². The minimum atomic E-state index is -0.613. The van der Waals surface area contributed by atoms with Gasteiger partial charge in [0, 0.05) is 22.6 Å². The highest BCUT2D eigenvalue weighted by Crippen LogP contribution is 2.24. The number of likely N-dealkylation sites (N-methyl/N-ethyl adjacent to an activating group) is 1. The number of halogens is 2. The number of carbonyl (C=O) groups excluding carboxylic acids is 1. The first-order valence-electron chi connectivity index (χ1n) is 6.56. The molecule has 1 unspecified atom stereocenters. The SMILES string of the molecule is CCN[C@H](C)CNC(=O)C(C)Oc1cc(Cl)cc(Cl)c1. The van der Waals surface area contributed by atoms with Crippen molar-refractivity contribution in [2.75, 3.05) is 13.1 Å². The molecule has 0 aliphatic heterocycles. The van der Waals surface area contributed by atoms with Crippen LogP contribution in [0.4, 0.5) is 0 Å². The summed E-state index contributed by atoms with van der Waals surface area (Å²) in [5, 5.41) is 6.98. The van der Waals surface area contributed by atoms with Gasteiger partial charge < -0.3 is 15.4 Å². The third kappa shape index (κ3) is 5.99. The van der Waals surface area contributed by atoms with E-state index in [1.54, 1.807) is 25.1 Å². The Bertz CT molecular complexity index is 435. The van der Waals surface area contributed by atoms with Gasteiger partial charge in [-0.05, 0) is 38.6 Å². The summed E-state index contributed by atoms with van der Waals surface area (Å²) in [5.41, 5.74) is 0. The molecule has 0 aliphatic rings. The van der Waals surface area contributed by atoms with E-state index in [-0.39, 0.29) is 11.9 Å². The maximum absolute atomic E-state index is 11.9. The molecule has 2 atom stereocenters. The van der Waals surface area contributed by atoms with E-state index in [9.17, 15) is 4.79 Å². The molecular formula is C14H20Cl2N2O2. The Kier molecular flexibility index (Phi) is 7.13. The zero-order valence-electron chi connectivity index (χ0n) is 11.9. The number of hydrogen-bond donors (Lipinski definition) is 2. The van der Waals surface area contributed by atoms with Crippen molar-refractivity contribution in [1.82, 2.24) is 10.6 Å². The van der Waals surface area contributed by atoms with Crippen molar-refractivity contribution < 1.29 is 9.53 Å². The second-order valence-corrected chi connectivity index (χ2v) is 5.44. The molecule has 0 saturated heterocycles. The monoisotopic (exact) mass is 318 g/mol. The van der Waals surface area contributed by atoms with Crippen molar-refractivity contribution in [1.29, 1.82) is 0 Å². The van der Waals surface area contributed by atoms with Crippen molar-refractivity contribution in [3.05, 3.63) is 28.2 Å². The summed E-state index contributed by atoms with van der Waals surface area (Å²) in [5.74, 6) is 0.302. The molecule has 6 heteroatoms. The highest BCUT2D eigenvalue weighted by atomic mass is 35.5. The fourth-order valence-corrected chi connectivity index (χ4v) is 2.18. The molecule has 0 fully saturated rings. The Labute approximate surface area is 129 Å². The molecule has 1 aromatic rings. The molecule has 20 heavy (non-hydrogen) atoms. The number of carbonyl (C=O) groups is 1. The van der Waals surface area contributed by atoms with E-state index in [4.69, 9.17) is 27.9 Å². The molecule has 0 saturated carbocycles. The van der Waals surface area contributed by atoms with E-state index >= 15 is 0 Å². The van der Waals surface area contributed by atoms with Crippen LogP contribution >= 0.6 is 23.2 Å². The van der Waals surface area contributed by atoms with Crippen LogP contribution in [-0.2, 0) is 4.79 Å². The topological polar surface area (TPSA) is 50.4 Å². The fourth-order valence-electron chi connectivity index (χ4n) is 1.67. The molecule has 1 amide bonds. The van der Waals surface area contributed by atoms with Gasteiger partial charge in [0.05, 0.1) is 0 Å². The van der Waals surface area contributed by atoms with Crippen molar-refractivity contribution in [2.45, 2.75) is 32.9 Å². The predicted octanol–water partition coefficient (Wildman–Crippen LogP) is 2.87. The standard InChI is InChI=1S/C14H20Cl2N2O2/c1-4-17-9(2)8-18-14(19)10(3)20-13-6-11(15)5-12(16)7-13/h5-7,9-10,17H,4,8H2,1-3H3,(H,18,19)/t9-,10?/m1/s1. The summed E-state index contributed by atoms with van der Waals surface area (Å²) in [6.07, 6.45) is -0.613. The van der Waals surface area contributed by atoms with Crippen LogP contribution in [-0.4, -0.2) is 31.1 Å². The van der Waals surface area contributed by atoms with Crippen LogP contribution in [0.3, 0.4) is 0 Å². The first-order valence-corrected chi connectivity index (χ1v) is 7.31. The van der Waals surface area contributed by atoms with Gasteiger partial charge in [-0.3, -0.25) is 4.79 Å². The van der Waals surface area contributed by atoms with Crippen LogP contribution in [0, 0.1) is 0 Å². The Morgan fingerprint density at radius 3 is 2.40 bits per heavy atom. The first-order chi connectivity index (χ1) is 9.42. The molecule has 4 nitrogen and oxygen atoms in total. The summed E-state index contributed by atoms with van der Waals surface area (Å²) in [6.45, 7) is 7.13. The summed E-state index contributed by atoms with van der Waals surface area (Å²) < 4.78 is 5.53. The summed E-state index contributed by atoms with van der Waals surface area (Å²) >= 11 is 11.8. The molecule has 0 radical (unpaired) electrons. The van der Waals surface area contributed by atoms with Crippen LogP contribution in [0.1, 0.15) is 20.8 Å². The van der Waals surface area contributed by atoms with Crippen LogP contribution in [0.15, 0.2) is 18.2 Å². The lowest BCUT2D eigenvalue weighted by Gasteiger charge is -2.17. The molecule has 0 heterocycles. The minimum absolute atomic E-state index is 0.175. The Morgan fingerprint density at radius 2 is 1.85 bits per heavy atom. The molecule has 0 bridgehead atoms. The molecule has 1 aromatic carbocycles. The van der Waals surface area contributed by atoms with Gasteiger partial charge >= 0.3 is 0 Å². The van der Waals surface area contributed by atoms with E-state index in [1.807, 2.05) is 13.8 Å². The second kappa shape index (κ2) is 8.35. The van der Waals surface area contributed by atoms with Gasteiger partial charge in [0.1, 0.15) is 5.75 Å². The summed E-state index contributed by atoms with van der Waals surface area (Å²) in [7, 11) is 0. The van der Waals surface area contributed by atoms with Gasteiger partial charge in [0.25, 0.3) is 5.91 Å². The fraction of sp³-hybridized carbons (Fsp3) is 0.500. The molecule has 0 aliphatic carbocycles. The van der Waals surface area contributed by atoms with Gasteiger partial charge in [-0.2, -0.15) is 0 Å². The molecule has 0 spiro atoms. The maximum atomic E-state index is 11.9. The zero-order valence-corrected chi connectivity index (χ0v) is 13.4. The number of nitrogens with one attached hydrogen (secondary N) is 2. The smallest absolute Gasteiger partial charge is 0.260 e. The van der Waals surface area contributed by atoms with E-state index < -0.39 is 6.10 Å². The van der Waals surface area contributed by atoms with Crippen molar-refractivity contribution in [2.24, 2.45) is 0 Å². The van der Waals surface area contributed by atoms with Crippen molar-refractivity contribution in [3.63, 3.8) is 0 Å². The van der Waals surface area contributed by atoms with Crippen molar-refractivity contribution >= 4 is 29.1 Å². The number of amides is 1. The van der Waals surface area contributed by atoms with E-state index in [1.165, 1.54) is 0 Å². The van der Waals surface area contributed by atoms with Gasteiger partial charge in [-0.15, -0.1) is 0 Å². The van der Waals surface area contributed by atoms with E-state index in [0.717, 1.165) is 6.54 Å². The number of benzene rings is 1. The first kappa shape index (κ1) is 17.1. The minimum Gasteiger partial charge on any atom is -0.481 e. The van der Waals surface area contributed by atoms with Gasteiger partial charge in [0.2, 0.25) is 0 Å². The Hall–Kier alpha value is -0.970. The van der Waals surface area contributed by atoms with Gasteiger partial charge in [0.15, 0.2) is 6.10 Å². The summed E-state index contributed by atoms with van der Waals surface area (Å²) in [4.78, 5) is 11.9. The number of rotatable bonds is 7. The lowest BCUT2D eigenvalue weighted by Crippen LogP contribution is -2.43. The summed E-state index contributed by atoms with van der Waals surface area (Å²) in [6, 6.07) is 5.08. The lowest BCUT2D eigenvalue weighted by molar-refractivity contribution is -0.127.